The van der Waals surface area contributed by atoms with Crippen molar-refractivity contribution < 1.29 is 5.11 Å². The quantitative estimate of drug-likeness (QED) is 0.901. The maximum Gasteiger partial charge on any atom is 0.0702 e. The van der Waals surface area contributed by atoms with Crippen LogP contribution in [0.2, 0.25) is 0 Å². The average molecular weight is 275 g/mol. The monoisotopic (exact) mass is 275 g/mol. The molecule has 0 saturated heterocycles. The van der Waals surface area contributed by atoms with Crippen LogP contribution in [0.15, 0.2) is 35.7 Å². The normalized spacial score (nSPS) is 12.4. The van der Waals surface area contributed by atoms with E-state index in [2.05, 4.69) is 61.5 Å². The Hall–Kier alpha value is -1.32. The largest absolute Gasteiger partial charge is 0.392 e. The second-order valence-electron chi connectivity index (χ2n) is 5.03. The van der Waals surface area contributed by atoms with Crippen LogP contribution in [0.4, 0.5) is 5.69 Å². The standard InChI is InChI=1S/C16H21NOS/c1-12-6-7-16(14(9-12)11-18)17(3)13(2)10-15-5-4-8-19-15/h4-9,13,18H,10-11H2,1-3H3. The van der Waals surface area contributed by atoms with Gasteiger partial charge >= 0.3 is 0 Å². The highest BCUT2D eigenvalue weighted by Gasteiger charge is 2.14. The maximum absolute atomic E-state index is 9.51. The lowest BCUT2D eigenvalue weighted by Gasteiger charge is -2.28. The van der Waals surface area contributed by atoms with E-state index in [4.69, 9.17) is 0 Å². The summed E-state index contributed by atoms with van der Waals surface area (Å²) in [7, 11) is 2.10. The van der Waals surface area contributed by atoms with Crippen LogP contribution in [-0.2, 0) is 13.0 Å². The lowest BCUT2D eigenvalue weighted by atomic mass is 10.1. The number of thiophene rings is 1. The number of nitrogens with zero attached hydrogens (tertiary/aromatic N) is 1. The topological polar surface area (TPSA) is 23.5 Å². The van der Waals surface area contributed by atoms with Gasteiger partial charge in [-0.3, -0.25) is 0 Å². The van der Waals surface area contributed by atoms with E-state index in [1.165, 1.54) is 10.4 Å². The number of anilines is 1. The molecule has 1 atom stereocenters. The van der Waals surface area contributed by atoms with Crippen LogP contribution in [0, 0.1) is 6.92 Å². The second-order valence-corrected chi connectivity index (χ2v) is 6.07. The molecule has 1 heterocycles. The predicted molar refractivity (Wildman–Crippen MR) is 83.0 cm³/mol. The Labute approximate surface area is 119 Å². The first-order valence-corrected chi connectivity index (χ1v) is 7.45. The molecular weight excluding hydrogens is 254 g/mol. The first-order valence-electron chi connectivity index (χ1n) is 6.57. The third-order valence-corrected chi connectivity index (χ3v) is 4.42. The SMILES string of the molecule is Cc1ccc(N(C)C(C)Cc2cccs2)c(CO)c1. The Morgan fingerprint density at radius 2 is 2.11 bits per heavy atom. The number of benzene rings is 1. The number of aliphatic hydroxyl groups is 1. The van der Waals surface area contributed by atoms with Gasteiger partial charge in [-0.05, 0) is 31.4 Å². The Balaban J connectivity index is 2.16. The fourth-order valence-electron chi connectivity index (χ4n) is 2.28. The molecule has 2 nitrogen and oxygen atoms in total. The summed E-state index contributed by atoms with van der Waals surface area (Å²) in [6.07, 6.45) is 1.03. The van der Waals surface area contributed by atoms with Crippen molar-refractivity contribution in [2.45, 2.75) is 32.9 Å². The highest BCUT2D eigenvalue weighted by molar-refractivity contribution is 7.09. The lowest BCUT2D eigenvalue weighted by molar-refractivity contribution is 0.282. The van der Waals surface area contributed by atoms with Crippen LogP contribution < -0.4 is 4.90 Å². The Morgan fingerprint density at radius 1 is 1.32 bits per heavy atom. The van der Waals surface area contributed by atoms with Gasteiger partial charge in [0.2, 0.25) is 0 Å². The molecule has 1 aromatic heterocycles. The second kappa shape index (κ2) is 6.22. The fraction of sp³-hybridized carbons (Fsp3) is 0.375. The molecule has 2 aromatic rings. The van der Waals surface area contributed by atoms with Crippen molar-refractivity contribution in [1.82, 2.24) is 0 Å². The minimum Gasteiger partial charge on any atom is -0.392 e. The molecule has 0 saturated carbocycles. The van der Waals surface area contributed by atoms with Gasteiger partial charge in [-0.2, -0.15) is 0 Å². The van der Waals surface area contributed by atoms with E-state index in [1.54, 1.807) is 11.3 Å². The smallest absolute Gasteiger partial charge is 0.0702 e. The van der Waals surface area contributed by atoms with Crippen molar-refractivity contribution in [1.29, 1.82) is 0 Å². The van der Waals surface area contributed by atoms with E-state index in [0.717, 1.165) is 17.7 Å². The summed E-state index contributed by atoms with van der Waals surface area (Å²) in [5, 5.41) is 11.6. The van der Waals surface area contributed by atoms with Gasteiger partial charge in [0, 0.05) is 35.6 Å². The fourth-order valence-corrected chi connectivity index (χ4v) is 3.11. The summed E-state index contributed by atoms with van der Waals surface area (Å²) in [6.45, 7) is 4.37. The first-order chi connectivity index (χ1) is 9.11. The molecule has 0 aliphatic carbocycles. The summed E-state index contributed by atoms with van der Waals surface area (Å²) in [6, 6.07) is 10.9. The van der Waals surface area contributed by atoms with Gasteiger partial charge in [0.1, 0.15) is 0 Å². The van der Waals surface area contributed by atoms with Crippen LogP contribution in [0.1, 0.15) is 22.9 Å². The minimum atomic E-state index is 0.0904. The molecule has 1 aromatic carbocycles. The number of hydrogen-bond donors (Lipinski definition) is 1. The van der Waals surface area contributed by atoms with Gasteiger partial charge < -0.3 is 10.0 Å². The summed E-state index contributed by atoms with van der Waals surface area (Å²) in [4.78, 5) is 3.65. The van der Waals surface area contributed by atoms with Crippen molar-refractivity contribution in [2.24, 2.45) is 0 Å². The highest BCUT2D eigenvalue weighted by atomic mass is 32.1. The molecule has 3 heteroatoms. The summed E-state index contributed by atoms with van der Waals surface area (Å²) in [5.41, 5.74) is 3.31. The van der Waals surface area contributed by atoms with E-state index in [1.807, 2.05) is 0 Å². The molecule has 1 unspecified atom stereocenters. The molecule has 0 radical (unpaired) electrons. The molecule has 0 aliphatic heterocycles. The molecule has 0 spiro atoms. The van der Waals surface area contributed by atoms with Crippen molar-refractivity contribution in [3.05, 3.63) is 51.7 Å². The third-order valence-electron chi connectivity index (χ3n) is 3.52. The van der Waals surface area contributed by atoms with E-state index in [9.17, 15) is 5.11 Å². The third kappa shape index (κ3) is 3.37. The molecule has 19 heavy (non-hydrogen) atoms. The first kappa shape index (κ1) is 14.1. The highest BCUT2D eigenvalue weighted by Crippen LogP contribution is 2.24. The van der Waals surface area contributed by atoms with Crippen molar-refractivity contribution >= 4 is 17.0 Å². The van der Waals surface area contributed by atoms with Gasteiger partial charge in [0.15, 0.2) is 0 Å². The van der Waals surface area contributed by atoms with Gasteiger partial charge in [-0.25, -0.2) is 0 Å². The molecule has 102 valence electrons. The van der Waals surface area contributed by atoms with Crippen LogP contribution in [0.5, 0.6) is 0 Å². The van der Waals surface area contributed by atoms with Crippen LogP contribution in [-0.4, -0.2) is 18.2 Å². The number of likely N-dealkylation sites (N-methyl/N-ethyl adjacent to an activating group) is 1. The molecule has 0 aliphatic rings. The summed E-state index contributed by atoms with van der Waals surface area (Å²) in [5.74, 6) is 0. The van der Waals surface area contributed by atoms with Crippen molar-refractivity contribution in [2.75, 3.05) is 11.9 Å². The van der Waals surface area contributed by atoms with Crippen molar-refractivity contribution in [3.63, 3.8) is 0 Å². The molecule has 2 rings (SSSR count). The summed E-state index contributed by atoms with van der Waals surface area (Å²) >= 11 is 1.80. The van der Waals surface area contributed by atoms with Gasteiger partial charge in [-0.1, -0.05) is 23.8 Å². The molecule has 0 bridgehead atoms. The van der Waals surface area contributed by atoms with E-state index in [0.29, 0.717) is 6.04 Å². The summed E-state index contributed by atoms with van der Waals surface area (Å²) < 4.78 is 0. The molecule has 0 amide bonds. The molecular formula is C16H21NOS. The molecule has 1 N–H and O–H groups in total. The van der Waals surface area contributed by atoms with Gasteiger partial charge in [0.05, 0.1) is 6.61 Å². The Kier molecular flexibility index (Phi) is 4.61. The van der Waals surface area contributed by atoms with E-state index >= 15 is 0 Å². The van der Waals surface area contributed by atoms with Crippen molar-refractivity contribution in [3.8, 4) is 0 Å². The van der Waals surface area contributed by atoms with Gasteiger partial charge in [-0.15, -0.1) is 11.3 Å². The van der Waals surface area contributed by atoms with E-state index in [-0.39, 0.29) is 6.61 Å². The van der Waals surface area contributed by atoms with Crippen LogP contribution >= 0.6 is 11.3 Å². The zero-order valence-corrected chi connectivity index (χ0v) is 12.6. The molecule has 0 fully saturated rings. The number of aryl methyl sites for hydroxylation is 1. The predicted octanol–water partition coefficient (Wildman–Crippen LogP) is 3.62. The van der Waals surface area contributed by atoms with Crippen LogP contribution in [0.25, 0.3) is 0 Å². The zero-order chi connectivity index (χ0) is 13.8. The lowest BCUT2D eigenvalue weighted by Crippen LogP contribution is -2.31. The number of hydrogen-bond acceptors (Lipinski definition) is 3. The number of aliphatic hydroxyl groups excluding tert-OH is 1. The van der Waals surface area contributed by atoms with E-state index < -0.39 is 0 Å². The number of rotatable bonds is 5. The Morgan fingerprint density at radius 3 is 2.74 bits per heavy atom. The maximum atomic E-state index is 9.51. The van der Waals surface area contributed by atoms with Crippen LogP contribution in [0.3, 0.4) is 0 Å². The average Bonchev–Trinajstić information content (AvgIpc) is 2.90. The van der Waals surface area contributed by atoms with Gasteiger partial charge in [0.25, 0.3) is 0 Å². The Bertz CT molecular complexity index is 522. The minimum absolute atomic E-state index is 0.0904. The zero-order valence-electron chi connectivity index (χ0n) is 11.8.